The molecule has 0 aromatic carbocycles. The van der Waals surface area contributed by atoms with Gasteiger partial charge in [0.25, 0.3) is 0 Å². The average molecular weight is 367 g/mol. The van der Waals surface area contributed by atoms with Gasteiger partial charge in [-0.25, -0.2) is 4.68 Å². The molecular formula is C19H21N5O3. The molecule has 5 rings (SSSR count). The van der Waals surface area contributed by atoms with Crippen LogP contribution < -0.4 is 11.1 Å². The third-order valence-corrected chi connectivity index (χ3v) is 6.05. The van der Waals surface area contributed by atoms with E-state index in [0.29, 0.717) is 31.2 Å². The van der Waals surface area contributed by atoms with Crippen LogP contribution in [0.4, 0.5) is 0 Å². The fourth-order valence-electron chi connectivity index (χ4n) is 4.36. The summed E-state index contributed by atoms with van der Waals surface area (Å²) in [5.74, 6) is 1.07. The van der Waals surface area contributed by atoms with E-state index in [2.05, 4.69) is 10.1 Å². The standard InChI is InChI=1S/C19H21N5O3/c25-15(13-4-5-13)22-9-6-19(12-22)7-10-23-16(26)17(27)24(21-18(19)23)11-14-3-1-2-8-20-14/h1-3,8,13H,4-7,9-12H2/t19-/m0/s1. The van der Waals surface area contributed by atoms with E-state index in [1.807, 2.05) is 11.0 Å². The number of nitrogens with zero attached hydrogens (tertiary/aromatic N) is 5. The second-order valence-electron chi connectivity index (χ2n) is 7.88. The van der Waals surface area contributed by atoms with Gasteiger partial charge in [0.2, 0.25) is 5.91 Å². The maximum Gasteiger partial charge on any atom is 0.332 e. The normalized spacial score (nSPS) is 23.8. The molecule has 1 atom stereocenters. The van der Waals surface area contributed by atoms with Gasteiger partial charge >= 0.3 is 11.1 Å². The van der Waals surface area contributed by atoms with Gasteiger partial charge in [0.1, 0.15) is 5.82 Å². The summed E-state index contributed by atoms with van der Waals surface area (Å²) >= 11 is 0. The van der Waals surface area contributed by atoms with Crippen LogP contribution in [0.2, 0.25) is 0 Å². The number of hydrogen-bond acceptors (Lipinski definition) is 5. The number of likely N-dealkylation sites (tertiary alicyclic amines) is 1. The van der Waals surface area contributed by atoms with Gasteiger partial charge in [0.15, 0.2) is 0 Å². The Morgan fingerprint density at radius 3 is 2.70 bits per heavy atom. The van der Waals surface area contributed by atoms with Gasteiger partial charge < -0.3 is 4.90 Å². The van der Waals surface area contributed by atoms with Gasteiger partial charge in [0, 0.05) is 31.7 Å². The van der Waals surface area contributed by atoms with Crippen LogP contribution in [-0.2, 0) is 23.3 Å². The maximum atomic E-state index is 12.6. The highest BCUT2D eigenvalue weighted by Crippen LogP contribution is 2.42. The van der Waals surface area contributed by atoms with E-state index in [1.54, 1.807) is 18.3 Å². The Morgan fingerprint density at radius 2 is 1.96 bits per heavy atom. The van der Waals surface area contributed by atoms with Gasteiger partial charge in [0.05, 0.1) is 17.7 Å². The number of carbonyl (C=O) groups is 1. The molecule has 140 valence electrons. The molecule has 1 saturated carbocycles. The van der Waals surface area contributed by atoms with Crippen molar-refractivity contribution in [3.63, 3.8) is 0 Å². The van der Waals surface area contributed by atoms with Crippen molar-refractivity contribution in [2.45, 2.75) is 44.2 Å². The highest BCUT2D eigenvalue weighted by molar-refractivity contribution is 5.81. The first-order valence-electron chi connectivity index (χ1n) is 9.49. The van der Waals surface area contributed by atoms with E-state index >= 15 is 0 Å². The number of amides is 1. The smallest absolute Gasteiger partial charge is 0.332 e. The zero-order chi connectivity index (χ0) is 18.6. The molecule has 1 spiro atoms. The predicted molar refractivity (Wildman–Crippen MR) is 96.3 cm³/mol. The molecule has 2 aliphatic heterocycles. The van der Waals surface area contributed by atoms with E-state index in [1.165, 1.54) is 9.25 Å². The molecule has 0 unspecified atom stereocenters. The third kappa shape index (κ3) is 2.62. The molecule has 1 aliphatic carbocycles. The first-order chi connectivity index (χ1) is 13.1. The Morgan fingerprint density at radius 1 is 1.15 bits per heavy atom. The SMILES string of the molecule is O=C(C1CC1)N1CC[C@]2(CCn3c2nn(Cc2ccccn2)c(=O)c3=O)C1. The van der Waals surface area contributed by atoms with Gasteiger partial charge in [-0.2, -0.15) is 5.10 Å². The van der Waals surface area contributed by atoms with E-state index in [-0.39, 0.29) is 23.8 Å². The van der Waals surface area contributed by atoms with Crippen LogP contribution in [-0.4, -0.2) is 43.2 Å². The summed E-state index contributed by atoms with van der Waals surface area (Å²) in [6.45, 7) is 1.96. The van der Waals surface area contributed by atoms with Gasteiger partial charge in [-0.15, -0.1) is 0 Å². The van der Waals surface area contributed by atoms with Crippen LogP contribution in [0.15, 0.2) is 34.0 Å². The van der Waals surface area contributed by atoms with E-state index in [0.717, 1.165) is 25.7 Å². The highest BCUT2D eigenvalue weighted by atomic mass is 16.2. The van der Waals surface area contributed by atoms with Crippen molar-refractivity contribution >= 4 is 5.91 Å². The summed E-state index contributed by atoms with van der Waals surface area (Å²) in [4.78, 5) is 43.7. The lowest BCUT2D eigenvalue weighted by molar-refractivity contribution is -0.131. The molecule has 0 bridgehead atoms. The second kappa shape index (κ2) is 5.87. The Bertz CT molecular complexity index is 1020. The van der Waals surface area contributed by atoms with Gasteiger partial charge in [-0.05, 0) is 37.8 Å². The molecule has 2 fully saturated rings. The van der Waals surface area contributed by atoms with Gasteiger partial charge in [-0.1, -0.05) is 6.07 Å². The fraction of sp³-hybridized carbons (Fsp3) is 0.526. The minimum absolute atomic E-state index is 0.170. The van der Waals surface area contributed by atoms with Crippen LogP contribution in [0.3, 0.4) is 0 Å². The summed E-state index contributed by atoms with van der Waals surface area (Å²) in [6.07, 6.45) is 5.16. The maximum absolute atomic E-state index is 12.6. The summed E-state index contributed by atoms with van der Waals surface area (Å²) in [6, 6.07) is 5.45. The molecule has 1 saturated heterocycles. The minimum atomic E-state index is -0.620. The topological polar surface area (TPSA) is 90.1 Å². The van der Waals surface area contributed by atoms with E-state index < -0.39 is 11.1 Å². The van der Waals surface area contributed by atoms with Crippen LogP contribution in [0, 0.1) is 5.92 Å². The zero-order valence-electron chi connectivity index (χ0n) is 15.0. The zero-order valence-corrected chi connectivity index (χ0v) is 15.0. The first-order valence-corrected chi connectivity index (χ1v) is 9.49. The Labute approximate surface area is 155 Å². The summed E-state index contributed by atoms with van der Waals surface area (Å²) in [7, 11) is 0. The van der Waals surface area contributed by atoms with Crippen LogP contribution in [0.5, 0.6) is 0 Å². The lowest BCUT2D eigenvalue weighted by Gasteiger charge is -2.23. The predicted octanol–water partition coefficient (Wildman–Crippen LogP) is 0.132. The monoisotopic (exact) mass is 367 g/mol. The molecule has 4 heterocycles. The summed E-state index contributed by atoms with van der Waals surface area (Å²) in [5, 5.41) is 4.59. The van der Waals surface area contributed by atoms with E-state index in [4.69, 9.17) is 0 Å². The van der Waals surface area contributed by atoms with Crippen molar-refractivity contribution in [2.75, 3.05) is 13.1 Å². The number of fused-ring (bicyclic) bond motifs is 2. The third-order valence-electron chi connectivity index (χ3n) is 6.05. The van der Waals surface area contributed by atoms with Crippen molar-refractivity contribution in [1.82, 2.24) is 24.2 Å². The lowest BCUT2D eigenvalue weighted by atomic mass is 9.85. The molecule has 8 heteroatoms. The Hall–Kier alpha value is -2.77. The van der Waals surface area contributed by atoms with Crippen LogP contribution >= 0.6 is 0 Å². The number of rotatable bonds is 3. The molecule has 1 amide bonds. The molecule has 2 aromatic heterocycles. The molecule has 3 aliphatic rings. The van der Waals surface area contributed by atoms with Crippen molar-refractivity contribution in [1.29, 1.82) is 0 Å². The molecule has 0 N–H and O–H groups in total. The summed E-state index contributed by atoms with van der Waals surface area (Å²) < 4.78 is 2.75. The average Bonchev–Trinajstić information content (AvgIpc) is 3.36. The number of pyridine rings is 1. The second-order valence-corrected chi connectivity index (χ2v) is 7.88. The quantitative estimate of drug-likeness (QED) is 0.720. The first kappa shape index (κ1) is 16.4. The van der Waals surface area contributed by atoms with Gasteiger partial charge in [-0.3, -0.25) is 23.9 Å². The molecular weight excluding hydrogens is 346 g/mol. The number of carbonyl (C=O) groups excluding carboxylic acids is 1. The largest absolute Gasteiger partial charge is 0.341 e. The fourth-order valence-corrected chi connectivity index (χ4v) is 4.36. The summed E-state index contributed by atoms with van der Waals surface area (Å²) in [5.41, 5.74) is -0.783. The van der Waals surface area contributed by atoms with E-state index in [9.17, 15) is 14.4 Å². The van der Waals surface area contributed by atoms with Crippen LogP contribution in [0.1, 0.15) is 37.2 Å². The lowest BCUT2D eigenvalue weighted by Crippen LogP contribution is -2.45. The molecule has 27 heavy (non-hydrogen) atoms. The molecule has 0 radical (unpaired) electrons. The Kier molecular flexibility index (Phi) is 3.57. The molecule has 2 aromatic rings. The minimum Gasteiger partial charge on any atom is -0.341 e. The van der Waals surface area contributed by atoms with Crippen molar-refractivity contribution in [3.8, 4) is 0 Å². The number of aromatic nitrogens is 4. The highest BCUT2D eigenvalue weighted by Gasteiger charge is 2.49. The number of hydrogen-bond donors (Lipinski definition) is 0. The van der Waals surface area contributed by atoms with Crippen molar-refractivity contribution in [3.05, 3.63) is 56.6 Å². The van der Waals surface area contributed by atoms with Crippen molar-refractivity contribution in [2.24, 2.45) is 5.92 Å². The Balaban J connectivity index is 1.51. The molecule has 8 nitrogen and oxygen atoms in total. The van der Waals surface area contributed by atoms with Crippen LogP contribution in [0.25, 0.3) is 0 Å². The van der Waals surface area contributed by atoms with Crippen molar-refractivity contribution < 1.29 is 4.79 Å².